The topological polar surface area (TPSA) is 78.9 Å². The molecule has 1 aromatic carbocycles. The van der Waals surface area contributed by atoms with E-state index in [9.17, 15) is 14.7 Å². The van der Waals surface area contributed by atoms with Gasteiger partial charge in [-0.3, -0.25) is 9.59 Å². The Balaban J connectivity index is 2.30. The van der Waals surface area contributed by atoms with Crippen LogP contribution in [0.4, 0.5) is 0 Å². The molecule has 19 heavy (non-hydrogen) atoms. The number of amides is 2. The van der Waals surface area contributed by atoms with Crippen LogP contribution < -0.4 is 10.1 Å². The molecule has 0 bridgehead atoms. The van der Waals surface area contributed by atoms with Crippen LogP contribution in [-0.4, -0.2) is 48.1 Å². The van der Waals surface area contributed by atoms with Crippen molar-refractivity contribution in [3.8, 4) is 11.5 Å². The van der Waals surface area contributed by atoms with E-state index in [2.05, 4.69) is 5.32 Å². The number of benzene rings is 1. The summed E-state index contributed by atoms with van der Waals surface area (Å²) >= 11 is 0. The Morgan fingerprint density at radius 2 is 2.26 bits per heavy atom. The molecule has 0 aromatic heterocycles. The van der Waals surface area contributed by atoms with Crippen molar-refractivity contribution in [2.24, 2.45) is 0 Å². The van der Waals surface area contributed by atoms with Crippen molar-refractivity contribution in [1.29, 1.82) is 0 Å². The fourth-order valence-electron chi connectivity index (χ4n) is 2.03. The van der Waals surface area contributed by atoms with Gasteiger partial charge in [-0.15, -0.1) is 0 Å². The van der Waals surface area contributed by atoms with Gasteiger partial charge in [0.15, 0.2) is 0 Å². The first kappa shape index (κ1) is 13.2. The van der Waals surface area contributed by atoms with E-state index in [4.69, 9.17) is 4.74 Å². The van der Waals surface area contributed by atoms with E-state index in [1.54, 1.807) is 13.0 Å². The number of rotatable bonds is 2. The van der Waals surface area contributed by atoms with E-state index in [1.807, 2.05) is 0 Å². The van der Waals surface area contributed by atoms with Crippen molar-refractivity contribution in [1.82, 2.24) is 10.2 Å². The molecule has 0 aliphatic carbocycles. The molecule has 0 spiro atoms. The average Bonchev–Trinajstić information content (AvgIpc) is 2.42. The molecule has 0 radical (unpaired) electrons. The Bertz CT molecular complexity index is 515. The van der Waals surface area contributed by atoms with Gasteiger partial charge < -0.3 is 20.1 Å². The third-order valence-electron chi connectivity index (χ3n) is 3.19. The van der Waals surface area contributed by atoms with E-state index >= 15 is 0 Å². The molecule has 2 N–H and O–H groups in total. The second-order valence-electron chi connectivity index (χ2n) is 4.35. The molecule has 1 atom stereocenters. The van der Waals surface area contributed by atoms with Crippen molar-refractivity contribution in [2.45, 2.75) is 13.0 Å². The van der Waals surface area contributed by atoms with Crippen LogP contribution in [0.1, 0.15) is 17.3 Å². The molecule has 1 saturated heterocycles. The van der Waals surface area contributed by atoms with Gasteiger partial charge in [-0.25, -0.2) is 0 Å². The largest absolute Gasteiger partial charge is 0.507 e. The van der Waals surface area contributed by atoms with Crippen LogP contribution in [0.3, 0.4) is 0 Å². The van der Waals surface area contributed by atoms with Crippen LogP contribution in [0, 0.1) is 0 Å². The SMILES string of the molecule is COc1ccc(O)c(C(=O)N2CCNC(=O)C2C)c1. The zero-order chi connectivity index (χ0) is 14.0. The zero-order valence-corrected chi connectivity index (χ0v) is 10.8. The Labute approximate surface area is 111 Å². The molecular formula is C13H16N2O4. The first-order chi connectivity index (χ1) is 9.04. The summed E-state index contributed by atoms with van der Waals surface area (Å²) in [7, 11) is 1.48. The van der Waals surface area contributed by atoms with Crippen LogP contribution in [-0.2, 0) is 4.79 Å². The maximum atomic E-state index is 12.4. The molecule has 0 saturated carbocycles. The molecule has 2 rings (SSSR count). The van der Waals surface area contributed by atoms with Crippen molar-refractivity contribution in [2.75, 3.05) is 20.2 Å². The Morgan fingerprint density at radius 3 is 2.95 bits per heavy atom. The van der Waals surface area contributed by atoms with Crippen molar-refractivity contribution < 1.29 is 19.4 Å². The number of carbonyl (C=O) groups is 2. The molecule has 1 aromatic rings. The Morgan fingerprint density at radius 1 is 1.53 bits per heavy atom. The van der Waals surface area contributed by atoms with Gasteiger partial charge in [0.25, 0.3) is 5.91 Å². The number of phenols is 1. The number of piperazine rings is 1. The van der Waals surface area contributed by atoms with Crippen LogP contribution in [0.25, 0.3) is 0 Å². The number of nitrogens with zero attached hydrogens (tertiary/aromatic N) is 1. The smallest absolute Gasteiger partial charge is 0.258 e. The van der Waals surface area contributed by atoms with Crippen LogP contribution in [0.15, 0.2) is 18.2 Å². The van der Waals surface area contributed by atoms with Gasteiger partial charge in [-0.2, -0.15) is 0 Å². The summed E-state index contributed by atoms with van der Waals surface area (Å²) in [6.07, 6.45) is 0. The third-order valence-corrected chi connectivity index (χ3v) is 3.19. The minimum atomic E-state index is -0.549. The monoisotopic (exact) mass is 264 g/mol. The fourth-order valence-corrected chi connectivity index (χ4v) is 2.03. The number of phenolic OH excluding ortho intramolecular Hbond substituents is 1. The average molecular weight is 264 g/mol. The number of hydrogen-bond acceptors (Lipinski definition) is 4. The molecule has 6 heteroatoms. The fraction of sp³-hybridized carbons (Fsp3) is 0.385. The predicted octanol–water partition coefficient (Wildman–Crippen LogP) is 0.361. The second kappa shape index (κ2) is 5.17. The quantitative estimate of drug-likeness (QED) is 0.808. The van der Waals surface area contributed by atoms with E-state index in [0.29, 0.717) is 18.8 Å². The molecule has 1 unspecified atom stereocenters. The number of aromatic hydroxyl groups is 1. The lowest BCUT2D eigenvalue weighted by atomic mass is 10.1. The zero-order valence-electron chi connectivity index (χ0n) is 10.8. The van der Waals surface area contributed by atoms with Gasteiger partial charge in [-0.1, -0.05) is 0 Å². The minimum Gasteiger partial charge on any atom is -0.507 e. The van der Waals surface area contributed by atoms with E-state index < -0.39 is 6.04 Å². The number of methoxy groups -OCH3 is 1. The summed E-state index contributed by atoms with van der Waals surface area (Å²) in [5.41, 5.74) is 0.140. The predicted molar refractivity (Wildman–Crippen MR) is 68.2 cm³/mol. The van der Waals surface area contributed by atoms with Gasteiger partial charge in [-0.05, 0) is 25.1 Å². The second-order valence-corrected chi connectivity index (χ2v) is 4.35. The first-order valence-electron chi connectivity index (χ1n) is 6.00. The molecule has 2 amide bonds. The van der Waals surface area contributed by atoms with Gasteiger partial charge in [0.1, 0.15) is 17.5 Å². The molecule has 1 aliphatic rings. The molecular weight excluding hydrogens is 248 g/mol. The van der Waals surface area contributed by atoms with Gasteiger partial charge in [0.2, 0.25) is 5.91 Å². The van der Waals surface area contributed by atoms with Crippen LogP contribution in [0.2, 0.25) is 0 Å². The van der Waals surface area contributed by atoms with E-state index in [0.717, 1.165) is 0 Å². The van der Waals surface area contributed by atoms with Gasteiger partial charge >= 0.3 is 0 Å². The highest BCUT2D eigenvalue weighted by molar-refractivity contribution is 6.00. The summed E-state index contributed by atoms with van der Waals surface area (Å²) in [5.74, 6) is -0.208. The van der Waals surface area contributed by atoms with Crippen LogP contribution in [0.5, 0.6) is 11.5 Å². The lowest BCUT2D eigenvalue weighted by molar-refractivity contribution is -0.127. The highest BCUT2D eigenvalue weighted by Gasteiger charge is 2.31. The summed E-state index contributed by atoms with van der Waals surface area (Å²) in [5, 5.41) is 12.5. The molecule has 1 aliphatic heterocycles. The number of hydrogen-bond donors (Lipinski definition) is 2. The summed E-state index contributed by atoms with van der Waals surface area (Å²) in [6.45, 7) is 2.49. The maximum absolute atomic E-state index is 12.4. The first-order valence-corrected chi connectivity index (χ1v) is 6.00. The summed E-state index contributed by atoms with van der Waals surface area (Å²) < 4.78 is 5.03. The minimum absolute atomic E-state index is 0.121. The van der Waals surface area contributed by atoms with Crippen LogP contribution >= 0.6 is 0 Å². The van der Waals surface area contributed by atoms with Gasteiger partial charge in [0.05, 0.1) is 12.7 Å². The summed E-state index contributed by atoms with van der Waals surface area (Å²) in [6, 6.07) is 3.89. The molecule has 6 nitrogen and oxygen atoms in total. The van der Waals surface area contributed by atoms with Crippen molar-refractivity contribution in [3.63, 3.8) is 0 Å². The molecule has 1 fully saturated rings. The Hall–Kier alpha value is -2.24. The number of nitrogens with one attached hydrogen (secondary N) is 1. The lowest BCUT2D eigenvalue weighted by Crippen LogP contribution is -2.55. The lowest BCUT2D eigenvalue weighted by Gasteiger charge is -2.33. The number of carbonyl (C=O) groups excluding carboxylic acids is 2. The Kier molecular flexibility index (Phi) is 3.59. The van der Waals surface area contributed by atoms with Crippen molar-refractivity contribution >= 4 is 11.8 Å². The third kappa shape index (κ3) is 2.47. The maximum Gasteiger partial charge on any atom is 0.258 e. The summed E-state index contributed by atoms with van der Waals surface area (Å²) in [4.78, 5) is 25.4. The molecule has 1 heterocycles. The standard InChI is InChI=1S/C13H16N2O4/c1-8-12(17)14-5-6-15(8)13(18)10-7-9(19-2)3-4-11(10)16/h3-4,7-8,16H,5-6H2,1-2H3,(H,14,17). The highest BCUT2D eigenvalue weighted by atomic mass is 16.5. The molecule has 102 valence electrons. The highest BCUT2D eigenvalue weighted by Crippen LogP contribution is 2.25. The normalized spacial score (nSPS) is 18.9. The van der Waals surface area contributed by atoms with Gasteiger partial charge in [0, 0.05) is 13.1 Å². The van der Waals surface area contributed by atoms with E-state index in [-0.39, 0.29) is 23.1 Å². The van der Waals surface area contributed by atoms with Crippen molar-refractivity contribution in [3.05, 3.63) is 23.8 Å². The number of ether oxygens (including phenoxy) is 1. The van der Waals surface area contributed by atoms with E-state index in [1.165, 1.54) is 24.1 Å².